The van der Waals surface area contributed by atoms with Gasteiger partial charge in [0.2, 0.25) is 0 Å². The first-order chi connectivity index (χ1) is 12.9. The molecule has 144 valence electrons. The number of hydrogen-bond acceptors (Lipinski definition) is 6. The van der Waals surface area contributed by atoms with E-state index in [1.54, 1.807) is 12.3 Å². The van der Waals surface area contributed by atoms with Crippen molar-refractivity contribution in [3.8, 4) is 5.75 Å². The van der Waals surface area contributed by atoms with Gasteiger partial charge in [-0.25, -0.2) is 9.67 Å². The van der Waals surface area contributed by atoms with Crippen LogP contribution in [0.1, 0.15) is 50.2 Å². The fraction of sp³-hybridized carbons (Fsp3) is 0.474. The zero-order valence-electron chi connectivity index (χ0n) is 16.3. The summed E-state index contributed by atoms with van der Waals surface area (Å²) >= 11 is 0. The van der Waals surface area contributed by atoms with Crippen LogP contribution in [0.15, 0.2) is 36.9 Å². The quantitative estimate of drug-likeness (QED) is 0.621. The van der Waals surface area contributed by atoms with E-state index < -0.39 is 0 Å². The van der Waals surface area contributed by atoms with Gasteiger partial charge in [0.25, 0.3) is 0 Å². The van der Waals surface area contributed by atoms with Gasteiger partial charge in [0, 0.05) is 24.5 Å². The topological polar surface area (TPSA) is 93.7 Å². The van der Waals surface area contributed by atoms with E-state index in [0.29, 0.717) is 5.82 Å². The summed E-state index contributed by atoms with van der Waals surface area (Å²) in [6.07, 6.45) is 6.45. The van der Waals surface area contributed by atoms with Gasteiger partial charge in [-0.15, -0.1) is 5.10 Å². The van der Waals surface area contributed by atoms with Gasteiger partial charge in [-0.05, 0) is 57.2 Å². The summed E-state index contributed by atoms with van der Waals surface area (Å²) in [6, 6.07) is 5.28. The average molecular weight is 369 g/mol. The van der Waals surface area contributed by atoms with E-state index in [-0.39, 0.29) is 17.3 Å². The molecule has 27 heavy (non-hydrogen) atoms. The molecule has 3 rings (SSSR count). The number of aromatic hydroxyl groups is 1. The van der Waals surface area contributed by atoms with Gasteiger partial charge < -0.3 is 15.0 Å². The summed E-state index contributed by atoms with van der Waals surface area (Å²) in [5.74, 6) is 0.919. The van der Waals surface area contributed by atoms with E-state index in [1.807, 2.05) is 40.8 Å². The second kappa shape index (κ2) is 7.87. The zero-order valence-corrected chi connectivity index (χ0v) is 16.3. The van der Waals surface area contributed by atoms with E-state index in [1.165, 1.54) is 0 Å². The van der Waals surface area contributed by atoms with Crippen molar-refractivity contribution in [3.05, 3.63) is 53.9 Å². The highest BCUT2D eigenvalue weighted by Crippen LogP contribution is 2.30. The normalized spacial score (nSPS) is 13.0. The highest BCUT2D eigenvalue weighted by atomic mass is 16.3. The summed E-state index contributed by atoms with van der Waals surface area (Å²) < 4.78 is 3.85. The first-order valence-corrected chi connectivity index (χ1v) is 9.13. The molecule has 0 amide bonds. The molecule has 1 unspecified atom stereocenters. The van der Waals surface area contributed by atoms with Crippen molar-refractivity contribution in [1.29, 1.82) is 0 Å². The number of hydrogen-bond donors (Lipinski definition) is 2. The maximum absolute atomic E-state index is 10.5. The third-order valence-electron chi connectivity index (χ3n) is 4.38. The van der Waals surface area contributed by atoms with Crippen molar-refractivity contribution in [1.82, 2.24) is 35.1 Å². The number of aromatic nitrogens is 6. The summed E-state index contributed by atoms with van der Waals surface area (Å²) in [5.41, 5.74) is 1.58. The van der Waals surface area contributed by atoms with Gasteiger partial charge in [-0.1, -0.05) is 17.7 Å². The molecule has 2 N–H and O–H groups in total. The average Bonchev–Trinajstić information content (AvgIpc) is 3.28. The monoisotopic (exact) mass is 369 g/mol. The van der Waals surface area contributed by atoms with Crippen LogP contribution in [0, 0.1) is 6.92 Å². The number of phenols is 1. The zero-order chi connectivity index (χ0) is 19.4. The Morgan fingerprint density at radius 2 is 2.07 bits per heavy atom. The molecule has 8 nitrogen and oxygen atoms in total. The van der Waals surface area contributed by atoms with E-state index >= 15 is 0 Å². The smallest absolute Gasteiger partial charge is 0.173 e. The van der Waals surface area contributed by atoms with E-state index in [4.69, 9.17) is 0 Å². The maximum Gasteiger partial charge on any atom is 0.173 e. The molecule has 1 atom stereocenters. The van der Waals surface area contributed by atoms with Crippen LogP contribution in [0.5, 0.6) is 5.75 Å². The Balaban J connectivity index is 1.85. The predicted octanol–water partition coefficient (Wildman–Crippen LogP) is 2.41. The number of phenolic OH excluding ortho intramolecular Hbond substituents is 1. The minimum absolute atomic E-state index is 0.233. The number of nitrogens with one attached hydrogen (secondary N) is 1. The molecule has 0 saturated heterocycles. The maximum atomic E-state index is 10.5. The fourth-order valence-corrected chi connectivity index (χ4v) is 3.02. The highest BCUT2D eigenvalue weighted by Gasteiger charge is 2.28. The second-order valence-corrected chi connectivity index (χ2v) is 7.72. The van der Waals surface area contributed by atoms with Crippen molar-refractivity contribution < 1.29 is 5.11 Å². The van der Waals surface area contributed by atoms with Gasteiger partial charge in [-0.2, -0.15) is 0 Å². The van der Waals surface area contributed by atoms with Crippen LogP contribution in [-0.4, -0.2) is 41.4 Å². The molecule has 0 radical (unpaired) electrons. The van der Waals surface area contributed by atoms with E-state index in [0.717, 1.165) is 30.6 Å². The molecule has 0 aliphatic heterocycles. The molecule has 2 aromatic heterocycles. The molecule has 0 bridgehead atoms. The standard InChI is InChI=1S/C19H27N7O/c1-14-6-7-16(27)15(12-14)17(18-22-23-24-26(18)19(2,3)4)21-8-5-10-25-11-9-20-13-25/h6-7,9,11-13,17,21,27H,5,8,10H2,1-4H3. The van der Waals surface area contributed by atoms with Crippen LogP contribution in [-0.2, 0) is 12.1 Å². The first-order valence-electron chi connectivity index (χ1n) is 9.13. The van der Waals surface area contributed by atoms with Crippen LogP contribution in [0.2, 0.25) is 0 Å². The lowest BCUT2D eigenvalue weighted by Gasteiger charge is -2.25. The van der Waals surface area contributed by atoms with Gasteiger partial charge >= 0.3 is 0 Å². The molecule has 1 aromatic carbocycles. The Kier molecular flexibility index (Phi) is 5.55. The minimum atomic E-state index is -0.304. The number of imidazole rings is 1. The summed E-state index contributed by atoms with van der Waals surface area (Å²) in [6.45, 7) is 9.78. The largest absolute Gasteiger partial charge is 0.508 e. The molecule has 0 saturated carbocycles. The number of aryl methyl sites for hydroxylation is 2. The van der Waals surface area contributed by atoms with Gasteiger partial charge in [0.1, 0.15) is 5.75 Å². The predicted molar refractivity (Wildman–Crippen MR) is 102 cm³/mol. The Labute approximate surface area is 159 Å². The Hall–Kier alpha value is -2.74. The van der Waals surface area contributed by atoms with Crippen molar-refractivity contribution in [2.45, 2.75) is 52.2 Å². The molecule has 0 spiro atoms. The van der Waals surface area contributed by atoms with Crippen LogP contribution in [0.4, 0.5) is 0 Å². The van der Waals surface area contributed by atoms with E-state index in [2.05, 4.69) is 46.6 Å². The minimum Gasteiger partial charge on any atom is -0.508 e. The van der Waals surface area contributed by atoms with Crippen LogP contribution in [0.25, 0.3) is 0 Å². The molecule has 2 heterocycles. The molecule has 0 aliphatic carbocycles. The third kappa shape index (κ3) is 4.51. The molecule has 3 aromatic rings. The second-order valence-electron chi connectivity index (χ2n) is 7.72. The molecule has 8 heteroatoms. The Morgan fingerprint density at radius 1 is 1.26 bits per heavy atom. The lowest BCUT2D eigenvalue weighted by Crippen LogP contribution is -2.32. The fourth-order valence-electron chi connectivity index (χ4n) is 3.02. The summed E-state index contributed by atoms with van der Waals surface area (Å²) in [5, 5.41) is 26.3. The van der Waals surface area contributed by atoms with Crippen LogP contribution < -0.4 is 5.32 Å². The first kappa shape index (κ1) is 19.0. The SMILES string of the molecule is Cc1ccc(O)c(C(NCCCn2ccnc2)c2nnnn2C(C)(C)C)c1. The Morgan fingerprint density at radius 3 is 2.78 bits per heavy atom. The highest BCUT2D eigenvalue weighted by molar-refractivity contribution is 5.40. The molecular weight excluding hydrogens is 342 g/mol. The van der Waals surface area contributed by atoms with Crippen molar-refractivity contribution in [3.63, 3.8) is 0 Å². The van der Waals surface area contributed by atoms with E-state index in [9.17, 15) is 5.11 Å². The lowest BCUT2D eigenvalue weighted by molar-refractivity contribution is 0.323. The molecule has 0 fully saturated rings. The molecule has 0 aliphatic rings. The van der Waals surface area contributed by atoms with Crippen molar-refractivity contribution in [2.75, 3.05) is 6.54 Å². The van der Waals surface area contributed by atoms with Crippen molar-refractivity contribution in [2.24, 2.45) is 0 Å². The lowest BCUT2D eigenvalue weighted by atomic mass is 10.0. The number of nitrogens with zero attached hydrogens (tertiary/aromatic N) is 6. The van der Waals surface area contributed by atoms with Crippen molar-refractivity contribution >= 4 is 0 Å². The van der Waals surface area contributed by atoms with Gasteiger partial charge in [0.15, 0.2) is 5.82 Å². The molecular formula is C19H27N7O. The van der Waals surface area contributed by atoms with Gasteiger partial charge in [-0.3, -0.25) is 0 Å². The third-order valence-corrected chi connectivity index (χ3v) is 4.38. The van der Waals surface area contributed by atoms with Crippen LogP contribution in [0.3, 0.4) is 0 Å². The Bertz CT molecular complexity index is 865. The summed E-state index contributed by atoms with van der Waals surface area (Å²) in [4.78, 5) is 4.06. The summed E-state index contributed by atoms with van der Waals surface area (Å²) in [7, 11) is 0. The van der Waals surface area contributed by atoms with Crippen LogP contribution >= 0.6 is 0 Å². The van der Waals surface area contributed by atoms with Gasteiger partial charge in [0.05, 0.1) is 17.9 Å². The number of benzene rings is 1. The number of tetrazole rings is 1. The number of rotatable bonds is 7.